The largest absolute Gasteiger partial charge is 0.507 e. The van der Waals surface area contributed by atoms with Crippen molar-refractivity contribution < 1.29 is 32.7 Å². The Kier molecular flexibility index (Phi) is 27.3. The van der Waals surface area contributed by atoms with Gasteiger partial charge in [0.05, 0.1) is 111 Å². The fraction of sp³-hybridized carbons (Fsp3) is 0.444. The molecule has 12 aliphatic rings. The van der Waals surface area contributed by atoms with E-state index >= 15 is 13.2 Å². The van der Waals surface area contributed by atoms with Crippen molar-refractivity contribution in [3.8, 4) is 56.6 Å². The number of phenols is 1. The molecule has 0 radical (unpaired) electrons. The average molecular weight is 2080 g/mol. The number of piperazine rings is 6. The highest BCUT2D eigenvalue weighted by atomic mass is 35.5. The van der Waals surface area contributed by atoms with Crippen LogP contribution in [0, 0.1) is 17.5 Å². The van der Waals surface area contributed by atoms with Crippen molar-refractivity contribution >= 4 is 127 Å². The molecule has 774 valence electrons. The predicted molar refractivity (Wildman–Crippen MR) is 571 cm³/mol. The van der Waals surface area contributed by atoms with Crippen LogP contribution in [0.25, 0.3) is 83.9 Å². The Labute approximate surface area is 873 Å². The standard InChI is InChI=1S/C36H40ClFN10O2.C36H39ClFN9O3.C36H39ClFN9O2/c1-4-27(49)46-17-20(3)47(18-19(46)2)33-23-16-24(37)31(28-25(38)6-5-7-26(28)39)41-34(23)48(36(50)44-33)32-29(21-8-9-21)42-35(43-30(32)22-10-11-22)45-14-12-40-13-15-45;1-4-27(49)45-17-20(3)46(18-19(45)2)33-23-16-24(37)31(28-25(38)6-5-7-26(28)48)40-34(23)47(36(50)43-33)32-29(21-8-9-21)41-35(42-30(32)22-10-11-22)44-14-12-39-13-15-44;1-4-28(48)45-18-21(3)46(19-20(45)2)33-25-17-26(37)31(24-7-5-6-8-27(24)38)40-34(25)47(36(49)43-33)32-29(22-9-10-22)41-35(42-30(32)23-11-12-23)44-15-13-39-14-16-44/h4-7,16,19-22,40H,1,8-15,17-18,39H2,2-3H3;4-7,16,19-22,39,48H,1,8-15,17-18H2,2-3H3;4-8,17,20-23,39H,1,9-16,18-19H2,2-3H3/t2*19-,20+;20-,21+/m111/s1. The lowest BCUT2D eigenvalue weighted by atomic mass is 10.1. The molecule has 12 fully saturated rings. The van der Waals surface area contributed by atoms with E-state index in [2.05, 4.69) is 50.4 Å². The Morgan fingerprint density at radius 3 is 0.946 bits per heavy atom. The molecule has 6 atom stereocenters. The molecular weight excluding hydrogens is 1960 g/mol. The van der Waals surface area contributed by atoms with E-state index in [0.29, 0.717) is 113 Å². The lowest BCUT2D eigenvalue weighted by molar-refractivity contribution is -0.129. The fourth-order valence-corrected chi connectivity index (χ4v) is 22.6. The number of aromatic hydroxyl groups is 1. The van der Waals surface area contributed by atoms with E-state index in [1.165, 1.54) is 63.8 Å². The van der Waals surface area contributed by atoms with Crippen LogP contribution in [0.15, 0.2) is 131 Å². The summed E-state index contributed by atoms with van der Waals surface area (Å²) in [5.41, 5.74) is 12.9. The summed E-state index contributed by atoms with van der Waals surface area (Å²) in [6, 6.07) is 18.7. The third kappa shape index (κ3) is 19.3. The number of rotatable bonds is 21. The Morgan fingerprint density at radius 2 is 0.651 bits per heavy atom. The van der Waals surface area contributed by atoms with Crippen molar-refractivity contribution in [2.24, 2.45) is 0 Å². The van der Waals surface area contributed by atoms with E-state index in [1.54, 1.807) is 61.7 Å². The van der Waals surface area contributed by atoms with Crippen molar-refractivity contribution in [1.82, 2.24) is 104 Å². The van der Waals surface area contributed by atoms with Crippen molar-refractivity contribution in [2.45, 2.75) is 190 Å². The van der Waals surface area contributed by atoms with Crippen LogP contribution in [0.3, 0.4) is 0 Å². The number of anilines is 7. The molecule has 9 aromatic heterocycles. The zero-order valence-electron chi connectivity index (χ0n) is 84.0. The van der Waals surface area contributed by atoms with Gasteiger partial charge in [-0.15, -0.1) is 0 Å². The SMILES string of the molecule is C=CC(=O)N1C[C@H](C)N(c2nc(=O)n(-c3c(C4CC4)nc(N4CCNCC4)nc3C3CC3)c3nc(-c4c(N)cccc4F)c(Cl)cc23)C[C@H]1C.C=CC(=O)N1C[C@H](C)N(c2nc(=O)n(-c3c(C4CC4)nc(N4CCNCC4)nc3C3CC3)c3nc(-c4c(O)cccc4F)c(Cl)cc23)C[C@H]1C.C=CC(=O)N1C[C@H](C)N(c2nc(=O)n(-c3c(C4CC4)nc(N4CCNCC4)nc3C3CC3)c3nc(-c4ccccc4F)c(Cl)cc23)C[C@H]1C. The topological polar surface area (TPSA) is 383 Å². The van der Waals surface area contributed by atoms with Crippen LogP contribution < -0.4 is 68.2 Å². The molecular formula is C108H118Cl3F3N28O7. The molecule has 6 aliphatic carbocycles. The molecule has 41 heteroatoms. The molecule has 35 nitrogen and oxygen atoms in total. The van der Waals surface area contributed by atoms with Crippen LogP contribution >= 0.6 is 34.8 Å². The highest BCUT2D eigenvalue weighted by Crippen LogP contribution is 2.54. The van der Waals surface area contributed by atoms with Gasteiger partial charge in [0.25, 0.3) is 0 Å². The Hall–Kier alpha value is -13.7. The van der Waals surface area contributed by atoms with E-state index in [9.17, 15) is 33.9 Å². The number of nitrogens with two attached hydrogens (primary N) is 1. The van der Waals surface area contributed by atoms with Gasteiger partial charge in [-0.25, -0.2) is 86.1 Å². The maximum absolute atomic E-state index is 15.5. The van der Waals surface area contributed by atoms with E-state index in [0.717, 1.165) is 190 Å². The number of hydrogen-bond acceptors (Lipinski definition) is 29. The molecule has 24 rings (SSSR count). The number of phenolic OH excluding ortho intramolecular Hbond substituents is 1. The van der Waals surface area contributed by atoms with Gasteiger partial charge in [-0.3, -0.25) is 14.4 Å². The fourth-order valence-electron chi connectivity index (χ4n) is 21.8. The van der Waals surface area contributed by atoms with Gasteiger partial charge >= 0.3 is 17.1 Å². The zero-order valence-corrected chi connectivity index (χ0v) is 86.2. The van der Waals surface area contributed by atoms with Gasteiger partial charge in [-0.2, -0.15) is 15.0 Å². The number of pyridine rings is 3. The number of nitrogens with one attached hydrogen (secondary N) is 3. The number of amides is 3. The van der Waals surface area contributed by atoms with Crippen LogP contribution in [0.2, 0.25) is 15.1 Å². The second kappa shape index (κ2) is 40.7. The number of carbonyl (C=O) groups is 3. The van der Waals surface area contributed by atoms with Gasteiger partial charge < -0.3 is 70.9 Å². The van der Waals surface area contributed by atoms with Crippen molar-refractivity contribution in [3.05, 3.63) is 215 Å². The van der Waals surface area contributed by atoms with E-state index in [4.69, 9.17) is 100 Å². The number of halogens is 6. The van der Waals surface area contributed by atoms with Gasteiger partial charge in [0.15, 0.2) is 16.9 Å². The summed E-state index contributed by atoms with van der Waals surface area (Å²) >= 11 is 20.8. The monoisotopic (exact) mass is 2080 g/mol. The summed E-state index contributed by atoms with van der Waals surface area (Å²) in [6.07, 6.45) is 15.4. The molecule has 0 spiro atoms. The molecule has 0 bridgehead atoms. The lowest BCUT2D eigenvalue weighted by Gasteiger charge is -2.44. The second-order valence-corrected chi connectivity index (χ2v) is 42.7. The molecule has 6 saturated heterocycles. The minimum absolute atomic E-state index is 0.00202. The first kappa shape index (κ1) is 99.9. The number of hydrogen-bond donors (Lipinski definition) is 5. The van der Waals surface area contributed by atoms with E-state index < -0.39 is 34.5 Å². The van der Waals surface area contributed by atoms with E-state index in [-0.39, 0.29) is 161 Å². The maximum Gasteiger partial charge on any atom is 0.355 e. The van der Waals surface area contributed by atoms with E-state index in [1.807, 2.05) is 56.2 Å². The first-order valence-electron chi connectivity index (χ1n) is 51.9. The average Bonchev–Trinajstić information content (AvgIpc) is 1.50. The molecule has 149 heavy (non-hydrogen) atoms. The second-order valence-electron chi connectivity index (χ2n) is 41.5. The number of carbonyl (C=O) groups excluding carboxylic acids is 3. The number of nitrogen functional groups attached to an aromatic ring is 1. The van der Waals surface area contributed by atoms with Gasteiger partial charge in [-0.1, -0.05) is 78.8 Å². The lowest BCUT2D eigenvalue weighted by Crippen LogP contribution is -2.58. The first-order chi connectivity index (χ1) is 72.0. The van der Waals surface area contributed by atoms with Crippen LogP contribution in [-0.2, 0) is 14.4 Å². The van der Waals surface area contributed by atoms with Gasteiger partial charge in [-0.05, 0) is 191 Å². The minimum atomic E-state index is -0.701. The van der Waals surface area contributed by atoms with Gasteiger partial charge in [0.2, 0.25) is 35.6 Å². The number of fused-ring (bicyclic) bond motifs is 3. The normalized spacial score (nSPS) is 21.2. The molecule has 0 unspecified atom stereocenters. The summed E-state index contributed by atoms with van der Waals surface area (Å²) in [5.74, 6) is 1.72. The molecule has 6 aliphatic heterocycles. The van der Waals surface area contributed by atoms with Crippen molar-refractivity contribution in [2.75, 3.05) is 153 Å². The number of benzene rings is 3. The quantitative estimate of drug-likeness (QED) is 0.0329. The van der Waals surface area contributed by atoms with Crippen LogP contribution in [-0.4, -0.2) is 265 Å². The third-order valence-electron chi connectivity index (χ3n) is 30.6. The Bertz CT molecular complexity index is 7190. The van der Waals surface area contributed by atoms with Crippen molar-refractivity contribution in [3.63, 3.8) is 0 Å². The summed E-state index contributed by atoms with van der Waals surface area (Å²) in [7, 11) is 0. The molecule has 3 amide bonds. The third-order valence-corrected chi connectivity index (χ3v) is 31.5. The molecule has 12 aromatic rings. The summed E-state index contributed by atoms with van der Waals surface area (Å²) in [5, 5.41) is 23.0. The first-order valence-corrected chi connectivity index (χ1v) is 53.0. The summed E-state index contributed by atoms with van der Waals surface area (Å²) < 4.78 is 50.7. The molecule has 6 N–H and O–H groups in total. The Morgan fingerprint density at radius 1 is 0.369 bits per heavy atom. The zero-order chi connectivity index (χ0) is 104. The minimum Gasteiger partial charge on any atom is -0.507 e. The van der Waals surface area contributed by atoms with Crippen LogP contribution in [0.4, 0.5) is 54.2 Å². The summed E-state index contributed by atoms with van der Waals surface area (Å²) in [4.78, 5) is 160. The van der Waals surface area contributed by atoms with Gasteiger partial charge in [0, 0.05) is 201 Å². The number of aromatic nitrogens is 15. The highest BCUT2D eigenvalue weighted by Gasteiger charge is 2.46. The smallest absolute Gasteiger partial charge is 0.355 e. The maximum atomic E-state index is 15.5. The van der Waals surface area contributed by atoms with Crippen LogP contribution in [0.5, 0.6) is 5.75 Å². The molecule has 15 heterocycles. The van der Waals surface area contributed by atoms with Crippen LogP contribution in [0.1, 0.15) is 188 Å². The molecule has 6 saturated carbocycles. The number of nitrogens with zero attached hydrogens (tertiary/aromatic N) is 24. The highest BCUT2D eigenvalue weighted by molar-refractivity contribution is 6.35. The molecule has 3 aromatic carbocycles. The van der Waals surface area contributed by atoms with Crippen molar-refractivity contribution in [1.29, 1.82) is 0 Å². The summed E-state index contributed by atoms with van der Waals surface area (Å²) in [6.45, 7) is 35.1. The van der Waals surface area contributed by atoms with Gasteiger partial charge in [0.1, 0.15) is 40.7 Å². The Balaban J connectivity index is 0.000000127. The predicted octanol–water partition coefficient (Wildman–Crippen LogP) is 13.7.